The van der Waals surface area contributed by atoms with Gasteiger partial charge in [0.2, 0.25) is 5.91 Å². The molecule has 0 aromatic heterocycles. The predicted molar refractivity (Wildman–Crippen MR) is 66.2 cm³/mol. The summed E-state index contributed by atoms with van der Waals surface area (Å²) in [6, 6.07) is 1.02. The van der Waals surface area contributed by atoms with E-state index in [-0.39, 0.29) is 5.91 Å². The van der Waals surface area contributed by atoms with Crippen molar-refractivity contribution in [3.05, 3.63) is 0 Å². The second kappa shape index (κ2) is 6.86. The molecular weight excluding hydrogens is 202 g/mol. The molecule has 1 aliphatic heterocycles. The maximum Gasteiger partial charge on any atom is 0.231 e. The van der Waals surface area contributed by atoms with Crippen LogP contribution in [-0.2, 0) is 4.79 Å². The average molecular weight is 227 g/mol. The highest BCUT2D eigenvalue weighted by Crippen LogP contribution is 2.18. The fourth-order valence-corrected chi connectivity index (χ4v) is 2.63. The molecule has 94 valence electrons. The van der Waals surface area contributed by atoms with Crippen molar-refractivity contribution >= 4 is 5.91 Å². The van der Waals surface area contributed by atoms with Crippen LogP contribution in [0.1, 0.15) is 39.5 Å². The summed E-state index contributed by atoms with van der Waals surface area (Å²) in [5, 5.41) is 3.36. The third kappa shape index (κ3) is 3.76. The molecule has 1 amide bonds. The number of rotatable bonds is 6. The standard InChI is InChI=1S/C12H25N3O/c1-3-10(4-2)15(9-12(13)16)11-5-7-14-8-6-11/h10-11,14H,3-9H2,1-2H3,(H2,13,16). The van der Waals surface area contributed by atoms with Crippen LogP contribution in [0.15, 0.2) is 0 Å². The lowest BCUT2D eigenvalue weighted by atomic mass is 10.00. The quantitative estimate of drug-likeness (QED) is 0.703. The fraction of sp³-hybridized carbons (Fsp3) is 0.917. The maximum atomic E-state index is 11.2. The molecule has 1 fully saturated rings. The van der Waals surface area contributed by atoms with E-state index in [1.165, 1.54) is 0 Å². The minimum Gasteiger partial charge on any atom is -0.369 e. The molecule has 4 nitrogen and oxygen atoms in total. The van der Waals surface area contributed by atoms with Gasteiger partial charge in [0.25, 0.3) is 0 Å². The summed E-state index contributed by atoms with van der Waals surface area (Å²) in [4.78, 5) is 13.5. The Morgan fingerprint density at radius 3 is 2.38 bits per heavy atom. The van der Waals surface area contributed by atoms with Crippen molar-refractivity contribution in [1.29, 1.82) is 0 Å². The van der Waals surface area contributed by atoms with Gasteiger partial charge in [-0.25, -0.2) is 0 Å². The van der Waals surface area contributed by atoms with Gasteiger partial charge in [0, 0.05) is 12.1 Å². The normalized spacial score (nSPS) is 18.2. The zero-order valence-corrected chi connectivity index (χ0v) is 10.5. The summed E-state index contributed by atoms with van der Waals surface area (Å²) >= 11 is 0. The van der Waals surface area contributed by atoms with Crippen LogP contribution in [0.4, 0.5) is 0 Å². The van der Waals surface area contributed by atoms with Gasteiger partial charge in [-0.2, -0.15) is 0 Å². The Hall–Kier alpha value is -0.610. The number of carbonyl (C=O) groups excluding carboxylic acids is 1. The number of nitrogens with zero attached hydrogens (tertiary/aromatic N) is 1. The van der Waals surface area contributed by atoms with Crippen molar-refractivity contribution in [1.82, 2.24) is 10.2 Å². The van der Waals surface area contributed by atoms with Crippen LogP contribution in [0, 0.1) is 0 Å². The van der Waals surface area contributed by atoms with Crippen LogP contribution < -0.4 is 11.1 Å². The van der Waals surface area contributed by atoms with Gasteiger partial charge >= 0.3 is 0 Å². The first-order valence-corrected chi connectivity index (χ1v) is 6.43. The van der Waals surface area contributed by atoms with Crippen molar-refractivity contribution in [3.8, 4) is 0 Å². The fourth-order valence-electron chi connectivity index (χ4n) is 2.63. The molecule has 0 aromatic carbocycles. The van der Waals surface area contributed by atoms with Crippen LogP contribution in [0.3, 0.4) is 0 Å². The lowest BCUT2D eigenvalue weighted by Crippen LogP contribution is -2.50. The van der Waals surface area contributed by atoms with E-state index >= 15 is 0 Å². The summed E-state index contributed by atoms with van der Waals surface area (Å²) in [6.07, 6.45) is 4.44. The van der Waals surface area contributed by atoms with Crippen molar-refractivity contribution in [2.75, 3.05) is 19.6 Å². The first-order chi connectivity index (χ1) is 7.69. The van der Waals surface area contributed by atoms with Crippen molar-refractivity contribution in [2.45, 2.75) is 51.6 Å². The van der Waals surface area contributed by atoms with Crippen LogP contribution in [-0.4, -0.2) is 42.5 Å². The molecule has 4 heteroatoms. The Kier molecular flexibility index (Phi) is 5.77. The Bertz CT molecular complexity index is 210. The number of nitrogens with one attached hydrogen (secondary N) is 1. The average Bonchev–Trinajstić information content (AvgIpc) is 2.30. The minimum atomic E-state index is -0.203. The SMILES string of the molecule is CCC(CC)N(CC(N)=O)C1CCNCC1. The van der Waals surface area contributed by atoms with Gasteiger partial charge in [0.1, 0.15) is 0 Å². The second-order valence-corrected chi connectivity index (χ2v) is 4.59. The summed E-state index contributed by atoms with van der Waals surface area (Å²) < 4.78 is 0. The molecule has 16 heavy (non-hydrogen) atoms. The van der Waals surface area contributed by atoms with Crippen LogP contribution in [0.2, 0.25) is 0 Å². The third-order valence-corrected chi connectivity index (χ3v) is 3.53. The monoisotopic (exact) mass is 227 g/mol. The van der Waals surface area contributed by atoms with E-state index in [4.69, 9.17) is 5.73 Å². The highest BCUT2D eigenvalue weighted by Gasteiger charge is 2.26. The maximum absolute atomic E-state index is 11.2. The summed E-state index contributed by atoms with van der Waals surface area (Å²) in [7, 11) is 0. The number of carbonyl (C=O) groups is 1. The molecule has 0 saturated carbocycles. The Balaban J connectivity index is 2.63. The topological polar surface area (TPSA) is 58.4 Å². The number of hydrogen-bond donors (Lipinski definition) is 2. The smallest absolute Gasteiger partial charge is 0.231 e. The van der Waals surface area contributed by atoms with E-state index in [1.807, 2.05) is 0 Å². The largest absolute Gasteiger partial charge is 0.369 e. The van der Waals surface area contributed by atoms with E-state index in [0.29, 0.717) is 18.6 Å². The van der Waals surface area contributed by atoms with Gasteiger partial charge < -0.3 is 11.1 Å². The number of primary amides is 1. The van der Waals surface area contributed by atoms with Crippen molar-refractivity contribution in [2.24, 2.45) is 5.73 Å². The van der Waals surface area contributed by atoms with Gasteiger partial charge in [-0.15, -0.1) is 0 Å². The first-order valence-electron chi connectivity index (χ1n) is 6.43. The van der Waals surface area contributed by atoms with E-state index < -0.39 is 0 Å². The molecule has 0 aliphatic carbocycles. The number of piperidine rings is 1. The second-order valence-electron chi connectivity index (χ2n) is 4.59. The zero-order chi connectivity index (χ0) is 12.0. The summed E-state index contributed by atoms with van der Waals surface area (Å²) in [6.45, 7) is 6.89. The van der Waals surface area contributed by atoms with Gasteiger partial charge in [-0.05, 0) is 38.8 Å². The third-order valence-electron chi connectivity index (χ3n) is 3.53. The molecule has 0 radical (unpaired) electrons. The minimum absolute atomic E-state index is 0.203. The molecule has 0 unspecified atom stereocenters. The molecule has 3 N–H and O–H groups in total. The van der Waals surface area contributed by atoms with E-state index in [0.717, 1.165) is 38.8 Å². The lowest BCUT2D eigenvalue weighted by molar-refractivity contribution is -0.120. The number of amides is 1. The molecule has 1 saturated heterocycles. The van der Waals surface area contributed by atoms with Crippen molar-refractivity contribution in [3.63, 3.8) is 0 Å². The van der Waals surface area contributed by atoms with E-state index in [2.05, 4.69) is 24.1 Å². The Labute approximate surface area is 98.6 Å². The van der Waals surface area contributed by atoms with Gasteiger partial charge in [0.05, 0.1) is 6.54 Å². The zero-order valence-electron chi connectivity index (χ0n) is 10.5. The molecular formula is C12H25N3O. The molecule has 1 rings (SSSR count). The molecule has 1 aliphatic rings. The summed E-state index contributed by atoms with van der Waals surface area (Å²) in [5.74, 6) is -0.203. The van der Waals surface area contributed by atoms with Gasteiger partial charge in [0.15, 0.2) is 0 Å². The molecule has 0 spiro atoms. The van der Waals surface area contributed by atoms with Crippen molar-refractivity contribution < 1.29 is 4.79 Å². The molecule has 0 aromatic rings. The Morgan fingerprint density at radius 2 is 1.94 bits per heavy atom. The molecule has 0 atom stereocenters. The Morgan fingerprint density at radius 1 is 1.38 bits per heavy atom. The van der Waals surface area contributed by atoms with Crippen LogP contribution in [0.5, 0.6) is 0 Å². The van der Waals surface area contributed by atoms with Gasteiger partial charge in [-0.3, -0.25) is 9.69 Å². The number of hydrogen-bond acceptors (Lipinski definition) is 3. The molecule has 0 bridgehead atoms. The van der Waals surface area contributed by atoms with Crippen LogP contribution in [0.25, 0.3) is 0 Å². The lowest BCUT2D eigenvalue weighted by Gasteiger charge is -2.38. The van der Waals surface area contributed by atoms with E-state index in [1.54, 1.807) is 0 Å². The summed E-state index contributed by atoms with van der Waals surface area (Å²) in [5.41, 5.74) is 5.35. The van der Waals surface area contributed by atoms with Crippen LogP contribution >= 0.6 is 0 Å². The molecule has 1 heterocycles. The van der Waals surface area contributed by atoms with E-state index in [9.17, 15) is 4.79 Å². The number of nitrogens with two attached hydrogens (primary N) is 1. The highest BCUT2D eigenvalue weighted by atomic mass is 16.1. The predicted octanol–water partition coefficient (Wildman–Crippen LogP) is 0.714. The van der Waals surface area contributed by atoms with Gasteiger partial charge in [-0.1, -0.05) is 13.8 Å². The highest BCUT2D eigenvalue weighted by molar-refractivity contribution is 5.76. The first kappa shape index (κ1) is 13.5.